The number of aromatic nitrogens is 2. The Morgan fingerprint density at radius 3 is 2.72 bits per heavy atom. The number of allylic oxidation sites excluding steroid dienone is 1. The van der Waals surface area contributed by atoms with Crippen molar-refractivity contribution in [2.75, 3.05) is 18.8 Å². The number of likely N-dealkylation sites (tertiary alicyclic amines) is 1. The second-order valence-corrected chi connectivity index (χ2v) is 5.77. The van der Waals surface area contributed by atoms with Crippen LogP contribution in [0.25, 0.3) is 0 Å². The first-order valence-corrected chi connectivity index (χ1v) is 7.19. The van der Waals surface area contributed by atoms with Crippen molar-refractivity contribution in [3.05, 3.63) is 16.9 Å². The fourth-order valence-electron chi connectivity index (χ4n) is 2.56. The molecule has 96 valence electrons. The highest BCUT2D eigenvalue weighted by Crippen LogP contribution is 2.32. The molecule has 5 nitrogen and oxygen atoms in total. The van der Waals surface area contributed by atoms with Crippen molar-refractivity contribution < 1.29 is 0 Å². The largest absolute Gasteiger partial charge is 0.374 e. The van der Waals surface area contributed by atoms with E-state index in [1.807, 2.05) is 12.4 Å². The Labute approximate surface area is 110 Å². The predicted octanol–water partition coefficient (Wildman–Crippen LogP) is 2.01. The van der Waals surface area contributed by atoms with E-state index in [1.54, 1.807) is 0 Å². The van der Waals surface area contributed by atoms with Gasteiger partial charge in [-0.2, -0.15) is 0 Å². The highest BCUT2D eigenvalue weighted by atomic mass is 32.1. The van der Waals surface area contributed by atoms with Crippen LogP contribution in [0.2, 0.25) is 0 Å². The molecule has 1 aromatic heterocycles. The van der Waals surface area contributed by atoms with E-state index in [1.165, 1.54) is 17.0 Å². The molecule has 0 aromatic carbocycles. The standard InChI is InChI=1S/C12H17N5S/c13-12-16-15-11(18-12)9-3-6-17(7-4-9)10-2-1-5-14-8-10/h5,8-9H,1-4,6-7H2,(H2,13,16). The lowest BCUT2D eigenvalue weighted by Gasteiger charge is -2.34. The van der Waals surface area contributed by atoms with Crippen molar-refractivity contribution in [1.82, 2.24) is 15.1 Å². The summed E-state index contributed by atoms with van der Waals surface area (Å²) in [7, 11) is 0. The molecule has 2 aliphatic heterocycles. The minimum absolute atomic E-state index is 0.531. The summed E-state index contributed by atoms with van der Waals surface area (Å²) in [5.74, 6) is 0.531. The molecule has 1 saturated heterocycles. The van der Waals surface area contributed by atoms with Crippen molar-refractivity contribution in [3.63, 3.8) is 0 Å². The highest BCUT2D eigenvalue weighted by Gasteiger charge is 2.24. The Morgan fingerprint density at radius 2 is 2.11 bits per heavy atom. The van der Waals surface area contributed by atoms with Gasteiger partial charge in [0.1, 0.15) is 5.01 Å². The lowest BCUT2D eigenvalue weighted by Crippen LogP contribution is -2.32. The monoisotopic (exact) mass is 263 g/mol. The van der Waals surface area contributed by atoms with Crippen molar-refractivity contribution in [2.24, 2.45) is 4.99 Å². The Balaban J connectivity index is 1.61. The number of hydrogen-bond donors (Lipinski definition) is 1. The molecule has 3 rings (SSSR count). The van der Waals surface area contributed by atoms with E-state index in [9.17, 15) is 0 Å². The van der Waals surface area contributed by atoms with Gasteiger partial charge in [0.05, 0.1) is 0 Å². The van der Waals surface area contributed by atoms with Gasteiger partial charge in [-0.05, 0) is 25.7 Å². The van der Waals surface area contributed by atoms with Gasteiger partial charge in [0.25, 0.3) is 0 Å². The molecular weight excluding hydrogens is 246 g/mol. The zero-order valence-corrected chi connectivity index (χ0v) is 11.1. The third kappa shape index (κ3) is 2.38. The molecule has 18 heavy (non-hydrogen) atoms. The Kier molecular flexibility index (Phi) is 3.27. The molecule has 1 fully saturated rings. The van der Waals surface area contributed by atoms with Crippen LogP contribution in [0.5, 0.6) is 0 Å². The van der Waals surface area contributed by atoms with Crippen LogP contribution in [0.3, 0.4) is 0 Å². The molecule has 6 heteroatoms. The third-order valence-electron chi connectivity index (χ3n) is 3.57. The Morgan fingerprint density at radius 1 is 1.28 bits per heavy atom. The third-order valence-corrected chi connectivity index (χ3v) is 4.48. The molecule has 3 heterocycles. The molecule has 0 radical (unpaired) electrons. The van der Waals surface area contributed by atoms with Crippen molar-refractivity contribution in [1.29, 1.82) is 0 Å². The predicted molar refractivity (Wildman–Crippen MR) is 73.7 cm³/mol. The minimum atomic E-state index is 0.531. The average molecular weight is 263 g/mol. The van der Waals surface area contributed by atoms with Crippen LogP contribution in [0.15, 0.2) is 16.9 Å². The van der Waals surface area contributed by atoms with Crippen LogP contribution in [0, 0.1) is 0 Å². The summed E-state index contributed by atoms with van der Waals surface area (Å²) in [6.07, 6.45) is 8.46. The molecular formula is C12H17N5S. The fraction of sp³-hybridized carbons (Fsp3) is 0.583. The number of anilines is 1. The average Bonchev–Trinajstić information content (AvgIpc) is 2.87. The molecule has 2 aliphatic rings. The van der Waals surface area contributed by atoms with Crippen LogP contribution in [-0.2, 0) is 0 Å². The summed E-state index contributed by atoms with van der Waals surface area (Å²) in [6.45, 7) is 2.18. The van der Waals surface area contributed by atoms with Crippen LogP contribution in [0.1, 0.15) is 36.6 Å². The Hall–Kier alpha value is -1.43. The topological polar surface area (TPSA) is 67.4 Å². The Bertz CT molecular complexity index is 471. The van der Waals surface area contributed by atoms with E-state index in [4.69, 9.17) is 5.73 Å². The number of rotatable bonds is 2. The zero-order chi connectivity index (χ0) is 12.4. The van der Waals surface area contributed by atoms with Gasteiger partial charge < -0.3 is 10.6 Å². The van der Waals surface area contributed by atoms with E-state index in [0.717, 1.165) is 43.8 Å². The maximum atomic E-state index is 5.64. The second kappa shape index (κ2) is 5.06. The van der Waals surface area contributed by atoms with Crippen molar-refractivity contribution in [2.45, 2.75) is 31.6 Å². The highest BCUT2D eigenvalue weighted by molar-refractivity contribution is 7.15. The summed E-state index contributed by atoms with van der Waals surface area (Å²) in [4.78, 5) is 6.70. The molecule has 0 saturated carbocycles. The van der Waals surface area contributed by atoms with E-state index >= 15 is 0 Å². The number of hydrogen-bond acceptors (Lipinski definition) is 6. The van der Waals surface area contributed by atoms with Gasteiger partial charge in [-0.25, -0.2) is 0 Å². The first kappa shape index (κ1) is 11.6. The summed E-state index contributed by atoms with van der Waals surface area (Å²) in [6, 6.07) is 0. The summed E-state index contributed by atoms with van der Waals surface area (Å²) < 4.78 is 0. The molecule has 0 amide bonds. The van der Waals surface area contributed by atoms with Gasteiger partial charge in [0.15, 0.2) is 0 Å². The maximum absolute atomic E-state index is 5.64. The normalized spacial score (nSPS) is 21.1. The van der Waals surface area contributed by atoms with Gasteiger partial charge in [0, 0.05) is 37.1 Å². The number of nitrogen functional groups attached to an aromatic ring is 1. The first-order chi connectivity index (χ1) is 8.83. The van der Waals surface area contributed by atoms with Crippen LogP contribution < -0.4 is 5.73 Å². The van der Waals surface area contributed by atoms with E-state index in [2.05, 4.69) is 20.1 Å². The molecule has 1 aromatic rings. The quantitative estimate of drug-likeness (QED) is 0.886. The van der Waals surface area contributed by atoms with Crippen LogP contribution in [0.4, 0.5) is 5.13 Å². The number of piperidine rings is 1. The molecule has 0 bridgehead atoms. The first-order valence-electron chi connectivity index (χ1n) is 6.37. The number of aliphatic imine (C=N–C) groups is 1. The van der Waals surface area contributed by atoms with Gasteiger partial charge in [-0.1, -0.05) is 11.3 Å². The van der Waals surface area contributed by atoms with Crippen molar-refractivity contribution in [3.8, 4) is 0 Å². The summed E-state index contributed by atoms with van der Waals surface area (Å²) in [5.41, 5.74) is 7.02. The SMILES string of the molecule is Nc1nnc(C2CCN(C3=CN=CCC3)CC2)s1. The van der Waals surface area contributed by atoms with Gasteiger partial charge in [-0.15, -0.1) is 10.2 Å². The number of nitrogens with two attached hydrogens (primary N) is 1. The zero-order valence-electron chi connectivity index (χ0n) is 10.2. The molecule has 0 spiro atoms. The van der Waals surface area contributed by atoms with Gasteiger partial charge >= 0.3 is 0 Å². The van der Waals surface area contributed by atoms with E-state index < -0.39 is 0 Å². The summed E-state index contributed by atoms with van der Waals surface area (Å²) in [5, 5.41) is 9.75. The lowest BCUT2D eigenvalue weighted by molar-refractivity contribution is 0.255. The minimum Gasteiger partial charge on any atom is -0.374 e. The van der Waals surface area contributed by atoms with E-state index in [-0.39, 0.29) is 0 Å². The second-order valence-electron chi connectivity index (χ2n) is 4.73. The fourth-order valence-corrected chi connectivity index (χ4v) is 3.34. The van der Waals surface area contributed by atoms with Crippen LogP contribution in [-0.4, -0.2) is 34.4 Å². The number of nitrogens with zero attached hydrogens (tertiary/aromatic N) is 4. The smallest absolute Gasteiger partial charge is 0.203 e. The van der Waals surface area contributed by atoms with Gasteiger partial charge in [0.2, 0.25) is 5.13 Å². The molecule has 0 unspecified atom stereocenters. The maximum Gasteiger partial charge on any atom is 0.203 e. The van der Waals surface area contributed by atoms with Crippen LogP contribution >= 0.6 is 11.3 Å². The van der Waals surface area contributed by atoms with E-state index in [0.29, 0.717) is 11.0 Å². The lowest BCUT2D eigenvalue weighted by atomic mass is 9.97. The molecule has 2 N–H and O–H groups in total. The molecule has 0 aliphatic carbocycles. The summed E-state index contributed by atoms with van der Waals surface area (Å²) >= 11 is 1.53. The molecule has 0 atom stereocenters. The van der Waals surface area contributed by atoms with Crippen molar-refractivity contribution >= 4 is 22.7 Å². The van der Waals surface area contributed by atoms with Gasteiger partial charge in [-0.3, -0.25) is 4.99 Å².